The van der Waals surface area contributed by atoms with Crippen molar-refractivity contribution >= 4 is 17.9 Å². The van der Waals surface area contributed by atoms with Crippen LogP contribution in [0.1, 0.15) is 41.0 Å². The van der Waals surface area contributed by atoms with Crippen molar-refractivity contribution in [2.45, 2.75) is 52.2 Å². The highest BCUT2D eigenvalue weighted by Crippen LogP contribution is 2.26. The molecule has 0 bridgehead atoms. The molecule has 132 valence electrons. The summed E-state index contributed by atoms with van der Waals surface area (Å²) in [7, 11) is 1.16. The quantitative estimate of drug-likeness (QED) is 0.275. The molecular weight excluding hydrogens is 304 g/mol. The summed E-state index contributed by atoms with van der Waals surface area (Å²) >= 11 is 0. The van der Waals surface area contributed by atoms with E-state index < -0.39 is 29.1 Å². The second-order valence-electron chi connectivity index (χ2n) is 5.47. The first-order chi connectivity index (χ1) is 10.6. The summed E-state index contributed by atoms with van der Waals surface area (Å²) in [5.41, 5.74) is -2.80. The lowest BCUT2D eigenvalue weighted by Gasteiger charge is -2.34. The number of esters is 3. The normalized spacial score (nSPS) is 14.2. The minimum atomic E-state index is -1.88. The third kappa shape index (κ3) is 6.81. The molecule has 1 atom stereocenters. The van der Waals surface area contributed by atoms with Crippen molar-refractivity contribution in [2.75, 3.05) is 20.3 Å². The van der Waals surface area contributed by atoms with Crippen LogP contribution in [-0.4, -0.2) is 49.4 Å². The maximum Gasteiger partial charge on any atom is 0.350 e. The van der Waals surface area contributed by atoms with Gasteiger partial charge < -0.3 is 18.9 Å². The highest BCUT2D eigenvalue weighted by molar-refractivity contribution is 6.03. The summed E-state index contributed by atoms with van der Waals surface area (Å²) in [6.45, 7) is 8.40. The first kappa shape index (κ1) is 21.1. The van der Waals surface area contributed by atoms with Gasteiger partial charge in [-0.3, -0.25) is 0 Å². The fraction of sp³-hybridized carbons (Fsp3) is 0.688. The van der Waals surface area contributed by atoms with Crippen LogP contribution < -0.4 is 0 Å². The van der Waals surface area contributed by atoms with Gasteiger partial charge in [0, 0.05) is 6.08 Å². The van der Waals surface area contributed by atoms with Crippen molar-refractivity contribution in [3.05, 3.63) is 12.2 Å². The number of carbonyl (C=O) groups is 3. The SMILES string of the molecule is CCOC(=O)/C=C/CC(C)(C)O[C@](C)(C(=O)OC)C(=O)OCC. The average Bonchev–Trinajstić information content (AvgIpc) is 2.45. The first-order valence-corrected chi connectivity index (χ1v) is 7.42. The van der Waals surface area contributed by atoms with Gasteiger partial charge in [0.25, 0.3) is 5.60 Å². The van der Waals surface area contributed by atoms with E-state index in [4.69, 9.17) is 14.2 Å². The van der Waals surface area contributed by atoms with Gasteiger partial charge in [-0.25, -0.2) is 14.4 Å². The molecule has 0 spiro atoms. The molecule has 0 aliphatic rings. The van der Waals surface area contributed by atoms with E-state index in [1.165, 1.54) is 13.0 Å². The second-order valence-corrected chi connectivity index (χ2v) is 5.47. The lowest BCUT2D eigenvalue weighted by Crippen LogP contribution is -2.52. The molecule has 23 heavy (non-hydrogen) atoms. The maximum absolute atomic E-state index is 12.1. The molecule has 0 saturated heterocycles. The van der Waals surface area contributed by atoms with E-state index >= 15 is 0 Å². The van der Waals surface area contributed by atoms with E-state index in [0.717, 1.165) is 7.11 Å². The molecule has 0 unspecified atom stereocenters. The Labute approximate surface area is 136 Å². The fourth-order valence-electron chi connectivity index (χ4n) is 1.85. The van der Waals surface area contributed by atoms with Crippen molar-refractivity contribution in [1.29, 1.82) is 0 Å². The zero-order valence-electron chi connectivity index (χ0n) is 14.6. The minimum Gasteiger partial charge on any atom is -0.466 e. The van der Waals surface area contributed by atoms with Crippen molar-refractivity contribution in [3.63, 3.8) is 0 Å². The molecular formula is C16H26O7. The Bertz CT molecular complexity index is 453. The van der Waals surface area contributed by atoms with E-state index in [9.17, 15) is 14.4 Å². The molecule has 0 heterocycles. The topological polar surface area (TPSA) is 88.1 Å². The third-order valence-electron chi connectivity index (χ3n) is 2.87. The van der Waals surface area contributed by atoms with E-state index in [1.807, 2.05) is 0 Å². The summed E-state index contributed by atoms with van der Waals surface area (Å²) in [6.07, 6.45) is 3.10. The molecule has 0 aromatic carbocycles. The smallest absolute Gasteiger partial charge is 0.350 e. The van der Waals surface area contributed by atoms with Crippen molar-refractivity contribution in [3.8, 4) is 0 Å². The zero-order valence-corrected chi connectivity index (χ0v) is 14.6. The van der Waals surface area contributed by atoms with Gasteiger partial charge >= 0.3 is 17.9 Å². The lowest BCUT2D eigenvalue weighted by atomic mass is 10.0. The summed E-state index contributed by atoms with van der Waals surface area (Å²) < 4.78 is 20.0. The van der Waals surface area contributed by atoms with Gasteiger partial charge in [0.15, 0.2) is 0 Å². The van der Waals surface area contributed by atoms with Gasteiger partial charge in [0.05, 0.1) is 25.9 Å². The lowest BCUT2D eigenvalue weighted by molar-refractivity contribution is -0.203. The fourth-order valence-corrected chi connectivity index (χ4v) is 1.85. The summed E-state index contributed by atoms with van der Waals surface area (Å²) in [5, 5.41) is 0. The number of carbonyl (C=O) groups excluding carboxylic acids is 3. The molecule has 0 amide bonds. The first-order valence-electron chi connectivity index (χ1n) is 7.42. The van der Waals surface area contributed by atoms with Crippen LogP contribution >= 0.6 is 0 Å². The molecule has 0 radical (unpaired) electrons. The Morgan fingerprint density at radius 1 is 0.957 bits per heavy atom. The largest absolute Gasteiger partial charge is 0.466 e. The molecule has 0 aromatic heterocycles. The monoisotopic (exact) mass is 330 g/mol. The third-order valence-corrected chi connectivity index (χ3v) is 2.87. The highest BCUT2D eigenvalue weighted by atomic mass is 16.6. The standard InChI is InChI=1S/C16H26O7/c1-7-21-12(17)10-9-11-15(3,4)23-16(5,13(18)20-6)14(19)22-8-2/h9-10H,7-8,11H2,1-6H3/b10-9+/t16-/m1/s1. The van der Waals surface area contributed by atoms with Crippen LogP contribution in [0.3, 0.4) is 0 Å². The highest BCUT2D eigenvalue weighted by Gasteiger charge is 2.48. The van der Waals surface area contributed by atoms with E-state index in [1.54, 1.807) is 33.8 Å². The molecule has 0 aliphatic carbocycles. The van der Waals surface area contributed by atoms with Crippen LogP contribution in [0, 0.1) is 0 Å². The number of rotatable bonds is 9. The Balaban J connectivity index is 5.06. The average molecular weight is 330 g/mol. The molecule has 0 aromatic rings. The van der Waals surface area contributed by atoms with Crippen LogP contribution in [-0.2, 0) is 33.3 Å². The van der Waals surface area contributed by atoms with Crippen LogP contribution in [0.4, 0.5) is 0 Å². The zero-order chi connectivity index (χ0) is 18.1. The minimum absolute atomic E-state index is 0.109. The molecule has 7 nitrogen and oxygen atoms in total. The van der Waals surface area contributed by atoms with Gasteiger partial charge in [-0.1, -0.05) is 6.08 Å². The Hall–Kier alpha value is -1.89. The Morgan fingerprint density at radius 2 is 1.52 bits per heavy atom. The molecule has 0 saturated carbocycles. The van der Waals surface area contributed by atoms with Gasteiger partial charge in [0.2, 0.25) is 0 Å². The van der Waals surface area contributed by atoms with Gasteiger partial charge in [-0.15, -0.1) is 0 Å². The predicted octanol–water partition coefficient (Wildman–Crippen LogP) is 1.79. The predicted molar refractivity (Wildman–Crippen MR) is 82.6 cm³/mol. The molecule has 0 N–H and O–H groups in total. The number of hydrogen-bond acceptors (Lipinski definition) is 7. The molecule has 7 heteroatoms. The maximum atomic E-state index is 12.1. The summed E-state index contributed by atoms with van der Waals surface area (Å²) in [6, 6.07) is 0. The molecule has 0 rings (SSSR count). The van der Waals surface area contributed by atoms with Crippen molar-refractivity contribution in [1.82, 2.24) is 0 Å². The summed E-state index contributed by atoms with van der Waals surface area (Å²) in [5.74, 6) is -2.14. The number of ether oxygens (including phenoxy) is 4. The second kappa shape index (κ2) is 9.29. The number of hydrogen-bond donors (Lipinski definition) is 0. The van der Waals surface area contributed by atoms with E-state index in [-0.39, 0.29) is 19.6 Å². The Morgan fingerprint density at radius 3 is 2.00 bits per heavy atom. The molecule has 0 fully saturated rings. The Kier molecular flexibility index (Phi) is 8.53. The number of methoxy groups -OCH3 is 1. The van der Waals surface area contributed by atoms with Gasteiger partial charge in [0.1, 0.15) is 0 Å². The van der Waals surface area contributed by atoms with E-state index in [0.29, 0.717) is 0 Å². The summed E-state index contributed by atoms with van der Waals surface area (Å²) in [4.78, 5) is 35.3. The van der Waals surface area contributed by atoms with Gasteiger partial charge in [-0.2, -0.15) is 0 Å². The van der Waals surface area contributed by atoms with Crippen LogP contribution in [0.25, 0.3) is 0 Å². The van der Waals surface area contributed by atoms with Crippen LogP contribution in [0.15, 0.2) is 12.2 Å². The van der Waals surface area contributed by atoms with Crippen molar-refractivity contribution < 1.29 is 33.3 Å². The van der Waals surface area contributed by atoms with Crippen LogP contribution in [0.5, 0.6) is 0 Å². The van der Waals surface area contributed by atoms with E-state index in [2.05, 4.69) is 4.74 Å². The molecule has 0 aliphatic heterocycles. The van der Waals surface area contributed by atoms with Crippen molar-refractivity contribution in [2.24, 2.45) is 0 Å². The van der Waals surface area contributed by atoms with Gasteiger partial charge in [-0.05, 0) is 41.0 Å². The van der Waals surface area contributed by atoms with Crippen LogP contribution in [0.2, 0.25) is 0 Å².